The highest BCUT2D eigenvalue weighted by molar-refractivity contribution is 5.82. The van der Waals surface area contributed by atoms with Crippen molar-refractivity contribution in [3.05, 3.63) is 35.4 Å². The van der Waals surface area contributed by atoms with E-state index in [0.717, 1.165) is 19.3 Å². The maximum absolute atomic E-state index is 12.6. The number of hydrogen-bond acceptors (Lipinski definition) is 3. The topological polar surface area (TPSA) is 52.7 Å². The summed E-state index contributed by atoms with van der Waals surface area (Å²) in [6, 6.07) is 8.57. The molecular weight excluding hydrogens is 326 g/mol. The van der Waals surface area contributed by atoms with Gasteiger partial charge >= 0.3 is 0 Å². The summed E-state index contributed by atoms with van der Waals surface area (Å²) in [6.45, 7) is 9.30. The zero-order valence-electron chi connectivity index (χ0n) is 16.3. The third kappa shape index (κ3) is 4.44. The van der Waals surface area contributed by atoms with Crippen molar-refractivity contribution < 1.29 is 9.59 Å². The van der Waals surface area contributed by atoms with E-state index in [4.69, 9.17) is 0 Å². The van der Waals surface area contributed by atoms with Gasteiger partial charge in [0, 0.05) is 37.6 Å². The first-order valence-corrected chi connectivity index (χ1v) is 9.81. The molecule has 2 amide bonds. The second-order valence-electron chi connectivity index (χ2n) is 8.01. The number of nitrogens with zero attached hydrogens (tertiary/aromatic N) is 2. The average molecular weight is 357 g/mol. The number of amides is 2. The van der Waals surface area contributed by atoms with E-state index in [0.29, 0.717) is 32.7 Å². The lowest BCUT2D eigenvalue weighted by molar-refractivity contribution is -0.140. The van der Waals surface area contributed by atoms with Crippen molar-refractivity contribution in [2.24, 2.45) is 5.92 Å². The van der Waals surface area contributed by atoms with Gasteiger partial charge in [0.2, 0.25) is 11.8 Å². The van der Waals surface area contributed by atoms with Crippen molar-refractivity contribution in [3.8, 4) is 0 Å². The van der Waals surface area contributed by atoms with Crippen LogP contribution in [0.15, 0.2) is 24.3 Å². The van der Waals surface area contributed by atoms with Crippen LogP contribution in [0, 0.1) is 5.92 Å². The van der Waals surface area contributed by atoms with Crippen LogP contribution in [-0.4, -0.2) is 54.3 Å². The minimum Gasteiger partial charge on any atom is -0.339 e. The first-order valence-electron chi connectivity index (χ1n) is 9.81. The van der Waals surface area contributed by atoms with Gasteiger partial charge in [-0.25, -0.2) is 0 Å². The Morgan fingerprint density at radius 2 is 1.62 bits per heavy atom. The molecule has 0 radical (unpaired) electrons. The monoisotopic (exact) mass is 357 g/mol. The van der Waals surface area contributed by atoms with Crippen molar-refractivity contribution in [2.45, 2.75) is 45.6 Å². The summed E-state index contributed by atoms with van der Waals surface area (Å²) in [6.07, 6.45) is 3.11. The second-order valence-corrected chi connectivity index (χ2v) is 8.01. The third-order valence-corrected chi connectivity index (χ3v) is 5.64. The predicted octanol–water partition coefficient (Wildman–Crippen LogP) is 2.15. The largest absolute Gasteiger partial charge is 0.339 e. The van der Waals surface area contributed by atoms with Gasteiger partial charge in [-0.3, -0.25) is 14.9 Å². The molecule has 5 heteroatoms. The number of piperazine rings is 1. The van der Waals surface area contributed by atoms with Crippen LogP contribution in [0.5, 0.6) is 0 Å². The molecule has 1 saturated heterocycles. The molecule has 1 saturated carbocycles. The van der Waals surface area contributed by atoms with Gasteiger partial charge < -0.3 is 9.80 Å². The lowest BCUT2D eigenvalue weighted by Crippen LogP contribution is -2.53. The Kier molecular flexibility index (Phi) is 5.66. The summed E-state index contributed by atoms with van der Waals surface area (Å²) in [4.78, 5) is 28.5. The summed E-state index contributed by atoms with van der Waals surface area (Å²) >= 11 is 0. The molecule has 3 rings (SSSR count). The number of benzene rings is 1. The smallest absolute Gasteiger partial charge is 0.236 e. The molecule has 1 aromatic rings. The number of carbonyl (C=O) groups excluding carboxylic acids is 2. The highest BCUT2D eigenvalue weighted by atomic mass is 16.2. The lowest BCUT2D eigenvalue weighted by atomic mass is 9.93. The molecule has 26 heavy (non-hydrogen) atoms. The van der Waals surface area contributed by atoms with E-state index in [2.05, 4.69) is 50.4 Å². The summed E-state index contributed by atoms with van der Waals surface area (Å²) in [5.74, 6) is 0.660. The molecule has 1 aromatic carbocycles. The van der Waals surface area contributed by atoms with Crippen LogP contribution >= 0.6 is 0 Å². The molecule has 1 aliphatic carbocycles. The van der Waals surface area contributed by atoms with Gasteiger partial charge in [0.15, 0.2) is 0 Å². The molecule has 0 unspecified atom stereocenters. The van der Waals surface area contributed by atoms with E-state index in [-0.39, 0.29) is 23.3 Å². The maximum Gasteiger partial charge on any atom is 0.236 e. The van der Waals surface area contributed by atoms with E-state index in [9.17, 15) is 9.59 Å². The molecule has 0 aromatic heterocycles. The maximum atomic E-state index is 12.6. The normalized spacial score (nSPS) is 18.1. The van der Waals surface area contributed by atoms with Crippen molar-refractivity contribution in [3.63, 3.8) is 0 Å². The van der Waals surface area contributed by atoms with E-state index in [1.54, 1.807) is 0 Å². The van der Waals surface area contributed by atoms with Gasteiger partial charge in [0.1, 0.15) is 0 Å². The molecule has 0 bridgehead atoms. The van der Waals surface area contributed by atoms with E-state index < -0.39 is 0 Å². The molecule has 1 heterocycles. The van der Waals surface area contributed by atoms with Gasteiger partial charge in [-0.05, 0) is 44.2 Å². The highest BCUT2D eigenvalue weighted by Crippen LogP contribution is 2.31. The number of hydrogen-bond donors (Lipinski definition) is 1. The van der Waals surface area contributed by atoms with E-state index in [1.807, 2.05) is 9.80 Å². The fourth-order valence-corrected chi connectivity index (χ4v) is 3.43. The molecule has 0 atom stereocenters. The summed E-state index contributed by atoms with van der Waals surface area (Å²) in [7, 11) is 0. The van der Waals surface area contributed by atoms with Crippen LogP contribution in [0.2, 0.25) is 0 Å². The predicted molar refractivity (Wildman–Crippen MR) is 103 cm³/mol. The van der Waals surface area contributed by atoms with Gasteiger partial charge in [0.05, 0.1) is 6.54 Å². The SMILES string of the molecule is CCc1ccc(C(C)(C)NCC(=O)N2CCN(C(=O)C3CC3)CC2)cc1. The third-order valence-electron chi connectivity index (χ3n) is 5.64. The molecule has 2 fully saturated rings. The molecule has 142 valence electrons. The standard InChI is InChI=1S/C21H31N3O2/c1-4-16-5-9-18(10-6-16)21(2,3)22-15-19(25)23-11-13-24(14-12-23)20(26)17-7-8-17/h5-6,9-10,17,22H,4,7-8,11-15H2,1-3H3. The van der Waals surface area contributed by atoms with Crippen LogP contribution in [0.25, 0.3) is 0 Å². The fraction of sp³-hybridized carbons (Fsp3) is 0.619. The molecule has 0 spiro atoms. The van der Waals surface area contributed by atoms with Gasteiger partial charge in [-0.15, -0.1) is 0 Å². The molecule has 5 nitrogen and oxygen atoms in total. The number of aryl methyl sites for hydroxylation is 1. The van der Waals surface area contributed by atoms with Crippen molar-refractivity contribution in [1.29, 1.82) is 0 Å². The highest BCUT2D eigenvalue weighted by Gasteiger charge is 2.35. The zero-order valence-corrected chi connectivity index (χ0v) is 16.3. The van der Waals surface area contributed by atoms with Crippen LogP contribution in [-0.2, 0) is 21.5 Å². The number of rotatable bonds is 6. The minimum absolute atomic E-state index is 0.113. The van der Waals surface area contributed by atoms with Crippen molar-refractivity contribution >= 4 is 11.8 Å². The second kappa shape index (κ2) is 7.78. The van der Waals surface area contributed by atoms with Crippen LogP contribution in [0.3, 0.4) is 0 Å². The number of carbonyl (C=O) groups is 2. The van der Waals surface area contributed by atoms with Crippen LogP contribution in [0.4, 0.5) is 0 Å². The first-order chi connectivity index (χ1) is 12.4. The Hall–Kier alpha value is -1.88. The van der Waals surface area contributed by atoms with Crippen molar-refractivity contribution in [1.82, 2.24) is 15.1 Å². The quantitative estimate of drug-likeness (QED) is 0.849. The Balaban J connectivity index is 1.47. The lowest BCUT2D eigenvalue weighted by Gasteiger charge is -2.36. The Morgan fingerprint density at radius 3 is 2.15 bits per heavy atom. The van der Waals surface area contributed by atoms with E-state index >= 15 is 0 Å². The summed E-state index contributed by atoms with van der Waals surface area (Å²) < 4.78 is 0. The summed E-state index contributed by atoms with van der Waals surface area (Å²) in [5.41, 5.74) is 2.24. The average Bonchev–Trinajstić information content (AvgIpc) is 3.51. The van der Waals surface area contributed by atoms with Gasteiger partial charge in [0.25, 0.3) is 0 Å². The summed E-state index contributed by atoms with van der Waals surface area (Å²) in [5, 5.41) is 3.40. The van der Waals surface area contributed by atoms with Gasteiger partial charge in [-0.1, -0.05) is 31.2 Å². The van der Waals surface area contributed by atoms with Crippen LogP contribution < -0.4 is 5.32 Å². The molecule has 1 aliphatic heterocycles. The first kappa shape index (κ1) is 18.9. The minimum atomic E-state index is -0.258. The Bertz CT molecular complexity index is 642. The fourth-order valence-electron chi connectivity index (χ4n) is 3.43. The Morgan fingerprint density at radius 1 is 1.04 bits per heavy atom. The van der Waals surface area contributed by atoms with Crippen molar-refractivity contribution in [2.75, 3.05) is 32.7 Å². The molecule has 1 N–H and O–H groups in total. The molecular formula is C21H31N3O2. The number of nitrogens with one attached hydrogen (secondary N) is 1. The zero-order chi connectivity index (χ0) is 18.7. The van der Waals surface area contributed by atoms with Crippen LogP contribution in [0.1, 0.15) is 44.7 Å². The van der Waals surface area contributed by atoms with Gasteiger partial charge in [-0.2, -0.15) is 0 Å². The molecule has 2 aliphatic rings. The van der Waals surface area contributed by atoms with E-state index in [1.165, 1.54) is 11.1 Å². The Labute approximate surface area is 156 Å².